The fraction of sp³-hybridized carbons (Fsp3) is 0.414. The quantitative estimate of drug-likeness (QED) is 0.355. The van der Waals surface area contributed by atoms with Crippen molar-refractivity contribution in [2.24, 2.45) is 16.3 Å². The number of ether oxygens (including phenoxy) is 2. The summed E-state index contributed by atoms with van der Waals surface area (Å²) in [5, 5.41) is 14.7. The Hall–Kier alpha value is -4.21. The third-order valence-electron chi connectivity index (χ3n) is 6.53. The molecule has 0 radical (unpaired) electrons. The Kier molecular flexibility index (Phi) is 10.2. The molecule has 3 atom stereocenters. The van der Waals surface area contributed by atoms with E-state index in [1.54, 1.807) is 24.3 Å². The van der Waals surface area contributed by atoms with Crippen LogP contribution in [0, 0.1) is 11.3 Å². The molecule has 2 aromatic carbocycles. The number of para-hydroxylation sites is 1. The molecule has 1 aliphatic heterocycles. The molecular formula is C29H35N3O7. The number of amides is 2. The molecule has 0 aromatic heterocycles. The summed E-state index contributed by atoms with van der Waals surface area (Å²) in [5.41, 5.74) is 0.230. The second kappa shape index (κ2) is 13.5. The van der Waals surface area contributed by atoms with Crippen LogP contribution in [0.25, 0.3) is 0 Å². The first-order valence-electron chi connectivity index (χ1n) is 12.8. The molecule has 0 bridgehead atoms. The number of Topliss-reactive ketones (excluding diaryl/α,β-unsaturated/α-hetero) is 1. The summed E-state index contributed by atoms with van der Waals surface area (Å²) in [6, 6.07) is 16.6. The van der Waals surface area contributed by atoms with Crippen LogP contribution in [0.1, 0.15) is 39.2 Å². The summed E-state index contributed by atoms with van der Waals surface area (Å²) in [6.07, 6.45) is -1.00. The lowest BCUT2D eigenvalue weighted by molar-refractivity contribution is -0.141. The van der Waals surface area contributed by atoms with Crippen molar-refractivity contribution < 1.29 is 33.8 Å². The second-order valence-corrected chi connectivity index (χ2v) is 10.0. The molecule has 0 spiro atoms. The van der Waals surface area contributed by atoms with Gasteiger partial charge in [-0.25, -0.2) is 4.79 Å². The molecule has 3 rings (SSSR count). The first kappa shape index (κ1) is 29.3. The van der Waals surface area contributed by atoms with E-state index in [2.05, 4.69) is 15.6 Å². The van der Waals surface area contributed by atoms with Crippen molar-refractivity contribution in [1.82, 2.24) is 10.6 Å². The molecule has 10 nitrogen and oxygen atoms in total. The van der Waals surface area contributed by atoms with Crippen LogP contribution in [-0.4, -0.2) is 59.8 Å². The van der Waals surface area contributed by atoms with Gasteiger partial charge in [-0.1, -0.05) is 62.4 Å². The summed E-state index contributed by atoms with van der Waals surface area (Å²) < 4.78 is 11.3. The van der Waals surface area contributed by atoms with Crippen molar-refractivity contribution in [2.45, 2.75) is 52.3 Å². The van der Waals surface area contributed by atoms with Gasteiger partial charge in [-0.15, -0.1) is 0 Å². The van der Waals surface area contributed by atoms with Gasteiger partial charge in [0, 0.05) is 12.1 Å². The predicted molar refractivity (Wildman–Crippen MR) is 145 cm³/mol. The maximum atomic E-state index is 13.6. The molecule has 208 valence electrons. The number of hydrogen-bond acceptors (Lipinski definition) is 7. The number of benzene rings is 2. The Labute approximate surface area is 227 Å². The Morgan fingerprint density at radius 2 is 1.64 bits per heavy atom. The van der Waals surface area contributed by atoms with E-state index in [1.807, 2.05) is 50.2 Å². The van der Waals surface area contributed by atoms with E-state index in [1.165, 1.54) is 6.92 Å². The highest BCUT2D eigenvalue weighted by molar-refractivity contribution is 6.01. The topological polar surface area (TPSA) is 143 Å². The number of aliphatic carboxylic acids is 1. The van der Waals surface area contributed by atoms with Crippen molar-refractivity contribution in [3.63, 3.8) is 0 Å². The summed E-state index contributed by atoms with van der Waals surface area (Å²) in [5.74, 6) is -1.72. The van der Waals surface area contributed by atoms with Crippen LogP contribution in [0.4, 0.5) is 4.79 Å². The average molecular weight is 538 g/mol. The van der Waals surface area contributed by atoms with Crippen LogP contribution < -0.4 is 15.4 Å². The van der Waals surface area contributed by atoms with Crippen LogP contribution in [0.5, 0.6) is 5.75 Å². The van der Waals surface area contributed by atoms with E-state index in [4.69, 9.17) is 9.47 Å². The number of rotatable bonds is 13. The van der Waals surface area contributed by atoms with Gasteiger partial charge in [-0.05, 0) is 30.5 Å². The average Bonchev–Trinajstić information content (AvgIpc) is 3.35. The van der Waals surface area contributed by atoms with Crippen LogP contribution >= 0.6 is 0 Å². The van der Waals surface area contributed by atoms with Gasteiger partial charge in [-0.2, -0.15) is 0 Å². The van der Waals surface area contributed by atoms with Crippen molar-refractivity contribution in [1.29, 1.82) is 0 Å². The molecule has 1 heterocycles. The van der Waals surface area contributed by atoms with Crippen molar-refractivity contribution in [3.05, 3.63) is 66.2 Å². The van der Waals surface area contributed by atoms with E-state index in [0.29, 0.717) is 11.5 Å². The zero-order valence-electron chi connectivity index (χ0n) is 22.4. The Morgan fingerprint density at radius 3 is 2.23 bits per heavy atom. The highest BCUT2D eigenvalue weighted by Gasteiger charge is 2.47. The van der Waals surface area contributed by atoms with E-state index >= 15 is 0 Å². The number of carbonyl (C=O) groups is 4. The number of carboxylic acid groups (broad SMARTS) is 1. The lowest BCUT2D eigenvalue weighted by Crippen LogP contribution is -2.53. The number of aliphatic imine (C=N–C) groups is 1. The van der Waals surface area contributed by atoms with Gasteiger partial charge in [0.15, 0.2) is 5.78 Å². The molecule has 10 heteroatoms. The van der Waals surface area contributed by atoms with Crippen molar-refractivity contribution >= 4 is 29.5 Å². The Balaban J connectivity index is 1.75. The normalized spacial score (nSPS) is 18.0. The Bertz CT molecular complexity index is 1180. The minimum absolute atomic E-state index is 0.0443. The Morgan fingerprint density at radius 1 is 1.00 bits per heavy atom. The molecular weight excluding hydrogens is 502 g/mol. The molecule has 0 saturated carbocycles. The minimum atomic E-state index is -1.21. The highest BCUT2D eigenvalue weighted by Crippen LogP contribution is 2.33. The summed E-state index contributed by atoms with van der Waals surface area (Å²) >= 11 is 0. The minimum Gasteiger partial charge on any atom is -0.492 e. The predicted octanol–water partition coefficient (Wildman–Crippen LogP) is 3.40. The molecule has 2 aromatic rings. The van der Waals surface area contributed by atoms with Gasteiger partial charge in [0.1, 0.15) is 24.4 Å². The number of ketones is 1. The number of carboxylic acids is 1. The smallest absolute Gasteiger partial charge is 0.408 e. The molecule has 0 aliphatic carbocycles. The molecule has 2 amide bonds. The number of nitrogens with zero attached hydrogens (tertiary/aromatic N) is 1. The van der Waals surface area contributed by atoms with Crippen molar-refractivity contribution in [3.8, 4) is 5.75 Å². The summed E-state index contributed by atoms with van der Waals surface area (Å²) in [6.45, 7) is 5.17. The first-order chi connectivity index (χ1) is 18.6. The zero-order chi connectivity index (χ0) is 28.4. The van der Waals surface area contributed by atoms with Crippen LogP contribution in [0.3, 0.4) is 0 Å². The van der Waals surface area contributed by atoms with E-state index in [9.17, 15) is 24.3 Å². The summed E-state index contributed by atoms with van der Waals surface area (Å²) in [7, 11) is 0. The van der Waals surface area contributed by atoms with E-state index in [0.717, 1.165) is 5.56 Å². The van der Waals surface area contributed by atoms with Crippen LogP contribution in [0.15, 0.2) is 65.7 Å². The zero-order valence-corrected chi connectivity index (χ0v) is 22.4. The molecule has 0 fully saturated rings. The van der Waals surface area contributed by atoms with Gasteiger partial charge in [0.2, 0.25) is 5.91 Å². The molecule has 1 aliphatic rings. The number of nitrogens with one attached hydrogen (secondary N) is 2. The third-order valence-corrected chi connectivity index (χ3v) is 6.53. The SMILES string of the molecule is CC(=O)[C@H](CC(=O)O)NC(=O)C1(COc2ccccc2)CN=C([C@@H](NC(=O)OCc2ccccc2)C(C)C)C1. The number of hydrogen-bond donors (Lipinski definition) is 3. The third kappa shape index (κ3) is 8.39. The molecule has 3 N–H and O–H groups in total. The maximum Gasteiger partial charge on any atom is 0.408 e. The van der Waals surface area contributed by atoms with Crippen LogP contribution in [-0.2, 0) is 25.7 Å². The number of alkyl carbamates (subject to hydrolysis) is 1. The standard InChI is InChI=1S/C29H35N3O7/c1-19(2)26(32-28(37)38-16-21-10-6-4-7-11-21)24-15-29(17-30-24,18-39-22-12-8-5-9-13-22)27(36)31-23(20(3)33)14-25(34)35/h4-13,19,23,26H,14-18H2,1-3H3,(H,31,36)(H,32,37)(H,34,35)/t23-,26-,29?/m0/s1. The van der Waals surface area contributed by atoms with E-state index < -0.39 is 47.7 Å². The fourth-order valence-electron chi connectivity index (χ4n) is 4.28. The summed E-state index contributed by atoms with van der Waals surface area (Å²) in [4.78, 5) is 54.2. The maximum absolute atomic E-state index is 13.6. The van der Waals surface area contributed by atoms with Gasteiger partial charge in [0.25, 0.3) is 0 Å². The monoisotopic (exact) mass is 537 g/mol. The molecule has 1 unspecified atom stereocenters. The highest BCUT2D eigenvalue weighted by atomic mass is 16.5. The first-order valence-corrected chi connectivity index (χ1v) is 12.8. The van der Waals surface area contributed by atoms with Gasteiger partial charge >= 0.3 is 12.1 Å². The molecule has 39 heavy (non-hydrogen) atoms. The number of carbonyl (C=O) groups excluding carboxylic acids is 3. The van der Waals surface area contributed by atoms with Crippen molar-refractivity contribution in [2.75, 3.05) is 13.2 Å². The lowest BCUT2D eigenvalue weighted by Gasteiger charge is -2.30. The van der Waals surface area contributed by atoms with Crippen LogP contribution in [0.2, 0.25) is 0 Å². The van der Waals surface area contributed by atoms with Gasteiger partial charge in [-0.3, -0.25) is 19.4 Å². The fourth-order valence-corrected chi connectivity index (χ4v) is 4.28. The molecule has 0 saturated heterocycles. The second-order valence-electron chi connectivity index (χ2n) is 10.0. The largest absolute Gasteiger partial charge is 0.492 e. The van der Waals surface area contributed by atoms with Gasteiger partial charge < -0.3 is 25.2 Å². The lowest BCUT2D eigenvalue weighted by atomic mass is 9.81. The van der Waals surface area contributed by atoms with Gasteiger partial charge in [0.05, 0.1) is 25.0 Å². The van der Waals surface area contributed by atoms with E-state index in [-0.39, 0.29) is 32.1 Å².